The van der Waals surface area contributed by atoms with Crippen molar-refractivity contribution in [3.8, 4) is 0 Å². The highest BCUT2D eigenvalue weighted by Gasteiger charge is 2.21. The number of hydrogen-bond donors (Lipinski definition) is 2. The minimum absolute atomic E-state index is 0. The minimum atomic E-state index is 0. The molecule has 1 heterocycles. The third kappa shape index (κ3) is 3.45. The Bertz CT molecular complexity index is 470. The summed E-state index contributed by atoms with van der Waals surface area (Å²) in [6.07, 6.45) is 8.08. The van der Waals surface area contributed by atoms with Crippen molar-refractivity contribution in [1.29, 1.82) is 0 Å². The Morgan fingerprint density at radius 1 is 1.15 bits per heavy atom. The molecule has 0 radical (unpaired) electrons. The van der Waals surface area contributed by atoms with Gasteiger partial charge in [0.1, 0.15) is 0 Å². The van der Waals surface area contributed by atoms with E-state index in [0.29, 0.717) is 0 Å². The van der Waals surface area contributed by atoms with E-state index in [1.807, 2.05) is 6.07 Å². The lowest BCUT2D eigenvalue weighted by Crippen LogP contribution is -2.24. The van der Waals surface area contributed by atoms with Gasteiger partial charge in [0.05, 0.1) is 0 Å². The van der Waals surface area contributed by atoms with Crippen molar-refractivity contribution in [3.63, 3.8) is 0 Å². The molecule has 4 heteroatoms. The van der Waals surface area contributed by atoms with Crippen LogP contribution < -0.4 is 10.6 Å². The molecule has 1 aromatic carbocycles. The molecule has 1 saturated carbocycles. The van der Waals surface area contributed by atoms with Crippen molar-refractivity contribution < 1.29 is 4.79 Å². The average Bonchev–Trinajstić information content (AvgIpc) is 2.48. The molecule has 0 aromatic heterocycles. The molecule has 0 atom stereocenters. The molecule has 1 aromatic rings. The van der Waals surface area contributed by atoms with E-state index in [-0.39, 0.29) is 24.2 Å². The van der Waals surface area contributed by atoms with E-state index in [2.05, 4.69) is 22.8 Å². The zero-order valence-corrected chi connectivity index (χ0v) is 12.6. The lowest BCUT2D eigenvalue weighted by molar-refractivity contribution is -0.120. The summed E-state index contributed by atoms with van der Waals surface area (Å²) in [5.74, 6) is 0.436. The SMILES string of the molecule is Cl.O=C(Nc1ccc2c(c1)CCCN2)C1CCCCC1. The molecule has 3 rings (SSSR count). The van der Waals surface area contributed by atoms with Gasteiger partial charge < -0.3 is 10.6 Å². The molecule has 1 amide bonds. The van der Waals surface area contributed by atoms with E-state index in [9.17, 15) is 4.79 Å². The van der Waals surface area contributed by atoms with Crippen LogP contribution in [-0.4, -0.2) is 12.5 Å². The Hall–Kier alpha value is -1.22. The average molecular weight is 295 g/mol. The van der Waals surface area contributed by atoms with Crippen LogP contribution in [-0.2, 0) is 11.2 Å². The largest absolute Gasteiger partial charge is 0.385 e. The third-order valence-electron chi connectivity index (χ3n) is 4.29. The summed E-state index contributed by atoms with van der Waals surface area (Å²) >= 11 is 0. The molecule has 1 aliphatic heterocycles. The van der Waals surface area contributed by atoms with Crippen LogP contribution in [0.25, 0.3) is 0 Å². The molecule has 1 fully saturated rings. The number of aryl methyl sites for hydroxylation is 1. The molecule has 1 aliphatic carbocycles. The number of fused-ring (bicyclic) bond motifs is 1. The molecule has 0 spiro atoms. The number of carbonyl (C=O) groups excluding carboxylic acids is 1. The Morgan fingerprint density at radius 2 is 1.95 bits per heavy atom. The highest BCUT2D eigenvalue weighted by molar-refractivity contribution is 5.93. The predicted molar refractivity (Wildman–Crippen MR) is 85.7 cm³/mol. The van der Waals surface area contributed by atoms with E-state index >= 15 is 0 Å². The van der Waals surface area contributed by atoms with Crippen LogP contribution in [0.2, 0.25) is 0 Å². The Kier molecular flexibility index (Phi) is 5.30. The Morgan fingerprint density at radius 3 is 2.75 bits per heavy atom. The number of rotatable bonds is 2. The van der Waals surface area contributed by atoms with Crippen LogP contribution in [0, 0.1) is 5.92 Å². The lowest BCUT2D eigenvalue weighted by atomic mass is 9.88. The number of anilines is 2. The predicted octanol–water partition coefficient (Wildman–Crippen LogP) is 3.99. The molecular formula is C16H23ClN2O. The van der Waals surface area contributed by atoms with Crippen molar-refractivity contribution >= 4 is 29.7 Å². The highest BCUT2D eigenvalue weighted by Crippen LogP contribution is 2.27. The van der Waals surface area contributed by atoms with Gasteiger partial charge in [-0.05, 0) is 49.4 Å². The molecule has 2 aliphatic rings. The summed E-state index contributed by atoms with van der Waals surface area (Å²) < 4.78 is 0. The topological polar surface area (TPSA) is 41.1 Å². The highest BCUT2D eigenvalue weighted by atomic mass is 35.5. The quantitative estimate of drug-likeness (QED) is 0.866. The molecule has 2 N–H and O–H groups in total. The molecule has 20 heavy (non-hydrogen) atoms. The van der Waals surface area contributed by atoms with Crippen LogP contribution in [0.5, 0.6) is 0 Å². The second-order valence-electron chi connectivity index (χ2n) is 5.73. The fraction of sp³-hybridized carbons (Fsp3) is 0.562. The number of carbonyl (C=O) groups is 1. The molecular weight excluding hydrogens is 272 g/mol. The monoisotopic (exact) mass is 294 g/mol. The van der Waals surface area contributed by atoms with E-state index < -0.39 is 0 Å². The summed E-state index contributed by atoms with van der Waals surface area (Å²) in [6, 6.07) is 6.23. The Balaban J connectivity index is 0.00000147. The maximum Gasteiger partial charge on any atom is 0.227 e. The van der Waals surface area contributed by atoms with Gasteiger partial charge in [-0.1, -0.05) is 19.3 Å². The van der Waals surface area contributed by atoms with E-state index in [0.717, 1.165) is 31.5 Å². The first-order chi connectivity index (χ1) is 9.33. The second kappa shape index (κ2) is 6.98. The lowest BCUT2D eigenvalue weighted by Gasteiger charge is -2.22. The first-order valence-corrected chi connectivity index (χ1v) is 7.50. The standard InChI is InChI=1S/C16H22N2O.ClH/c19-16(12-5-2-1-3-6-12)18-14-8-9-15-13(11-14)7-4-10-17-15;/h8-9,11-12,17H,1-7,10H2,(H,18,19);1H. The van der Waals surface area contributed by atoms with Gasteiger partial charge in [-0.15, -0.1) is 12.4 Å². The smallest absolute Gasteiger partial charge is 0.227 e. The maximum absolute atomic E-state index is 12.2. The third-order valence-corrected chi connectivity index (χ3v) is 4.29. The zero-order valence-electron chi connectivity index (χ0n) is 11.8. The normalized spacial score (nSPS) is 18.4. The second-order valence-corrected chi connectivity index (χ2v) is 5.73. The van der Waals surface area contributed by atoms with Crippen LogP contribution in [0.1, 0.15) is 44.1 Å². The summed E-state index contributed by atoms with van der Waals surface area (Å²) in [4.78, 5) is 12.2. The van der Waals surface area contributed by atoms with Crippen molar-refractivity contribution in [2.45, 2.75) is 44.9 Å². The fourth-order valence-electron chi connectivity index (χ4n) is 3.16. The number of nitrogens with one attached hydrogen (secondary N) is 2. The van der Waals surface area contributed by atoms with E-state index in [1.165, 1.54) is 36.9 Å². The van der Waals surface area contributed by atoms with Crippen molar-refractivity contribution in [1.82, 2.24) is 0 Å². The van der Waals surface area contributed by atoms with E-state index in [1.54, 1.807) is 0 Å². The summed E-state index contributed by atoms with van der Waals surface area (Å²) in [5, 5.41) is 6.49. The van der Waals surface area contributed by atoms with Gasteiger partial charge in [-0.3, -0.25) is 4.79 Å². The first-order valence-electron chi connectivity index (χ1n) is 7.50. The van der Waals surface area contributed by atoms with Gasteiger partial charge in [0, 0.05) is 23.8 Å². The van der Waals surface area contributed by atoms with Gasteiger partial charge in [0.15, 0.2) is 0 Å². The zero-order chi connectivity index (χ0) is 13.1. The van der Waals surface area contributed by atoms with Crippen LogP contribution in [0.4, 0.5) is 11.4 Å². The maximum atomic E-state index is 12.2. The van der Waals surface area contributed by atoms with Crippen molar-refractivity contribution in [2.24, 2.45) is 5.92 Å². The summed E-state index contributed by atoms with van der Waals surface area (Å²) in [6.45, 7) is 1.06. The molecule has 3 nitrogen and oxygen atoms in total. The Labute approximate surface area is 126 Å². The van der Waals surface area contributed by atoms with Gasteiger partial charge in [-0.25, -0.2) is 0 Å². The molecule has 0 unspecified atom stereocenters. The number of benzene rings is 1. The number of amides is 1. The molecule has 0 bridgehead atoms. The van der Waals surface area contributed by atoms with Gasteiger partial charge in [-0.2, -0.15) is 0 Å². The summed E-state index contributed by atoms with van der Waals surface area (Å²) in [5.41, 5.74) is 3.51. The number of hydrogen-bond acceptors (Lipinski definition) is 2. The van der Waals surface area contributed by atoms with Crippen LogP contribution in [0.3, 0.4) is 0 Å². The van der Waals surface area contributed by atoms with Crippen LogP contribution >= 0.6 is 12.4 Å². The molecule has 0 saturated heterocycles. The first kappa shape index (κ1) is 15.2. The minimum Gasteiger partial charge on any atom is -0.385 e. The van der Waals surface area contributed by atoms with Crippen LogP contribution in [0.15, 0.2) is 18.2 Å². The molecule has 110 valence electrons. The fourth-order valence-corrected chi connectivity index (χ4v) is 3.16. The van der Waals surface area contributed by atoms with Crippen molar-refractivity contribution in [3.05, 3.63) is 23.8 Å². The van der Waals surface area contributed by atoms with Crippen molar-refractivity contribution in [2.75, 3.05) is 17.2 Å². The van der Waals surface area contributed by atoms with Gasteiger partial charge >= 0.3 is 0 Å². The van der Waals surface area contributed by atoms with Gasteiger partial charge in [0.25, 0.3) is 0 Å². The summed E-state index contributed by atoms with van der Waals surface area (Å²) in [7, 11) is 0. The van der Waals surface area contributed by atoms with Gasteiger partial charge in [0.2, 0.25) is 5.91 Å². The number of halogens is 1. The van der Waals surface area contributed by atoms with E-state index in [4.69, 9.17) is 0 Å².